The Balaban J connectivity index is 2.70. The van der Waals surface area contributed by atoms with Gasteiger partial charge in [0.25, 0.3) is 0 Å². The molecule has 100 valence electrons. The molecule has 0 aliphatic carbocycles. The fraction of sp³-hybridized carbons (Fsp3) is 0.500. The van der Waals surface area contributed by atoms with Gasteiger partial charge in [-0.05, 0) is 19.4 Å². The predicted molar refractivity (Wildman–Crippen MR) is 74.3 cm³/mol. The maximum atomic E-state index is 12.0. The number of carbonyl (C=O) groups excluding carboxylic acids is 1. The Kier molecular flexibility index (Phi) is 5.48. The van der Waals surface area contributed by atoms with E-state index in [0.717, 1.165) is 17.7 Å². The lowest BCUT2D eigenvalue weighted by Crippen LogP contribution is -2.47. The highest BCUT2D eigenvalue weighted by molar-refractivity contribution is 6.18. The second-order valence-electron chi connectivity index (χ2n) is 4.58. The molecule has 0 saturated heterocycles. The average Bonchev–Trinajstić information content (AvgIpc) is 2.39. The van der Waals surface area contributed by atoms with Crippen LogP contribution in [0.5, 0.6) is 5.75 Å². The first-order valence-corrected chi connectivity index (χ1v) is 6.57. The van der Waals surface area contributed by atoms with E-state index < -0.39 is 0 Å². The average molecular weight is 270 g/mol. The van der Waals surface area contributed by atoms with Gasteiger partial charge in [-0.25, -0.2) is 0 Å². The van der Waals surface area contributed by atoms with Crippen LogP contribution in [0.1, 0.15) is 25.8 Å². The van der Waals surface area contributed by atoms with Gasteiger partial charge in [-0.3, -0.25) is 4.79 Å². The van der Waals surface area contributed by atoms with Crippen LogP contribution in [0.4, 0.5) is 0 Å². The minimum absolute atomic E-state index is 0.0375. The van der Waals surface area contributed by atoms with E-state index in [4.69, 9.17) is 16.3 Å². The molecule has 1 aromatic rings. The minimum atomic E-state index is -0.347. The third kappa shape index (κ3) is 3.91. The summed E-state index contributed by atoms with van der Waals surface area (Å²) < 4.78 is 5.22. The van der Waals surface area contributed by atoms with Gasteiger partial charge in [-0.2, -0.15) is 0 Å². The van der Waals surface area contributed by atoms with Crippen LogP contribution in [0.15, 0.2) is 24.3 Å². The van der Waals surface area contributed by atoms with Gasteiger partial charge in [0.2, 0.25) is 5.91 Å². The van der Waals surface area contributed by atoms with Crippen molar-refractivity contribution in [2.24, 2.45) is 0 Å². The highest BCUT2D eigenvalue weighted by Gasteiger charge is 2.23. The normalized spacial score (nSPS) is 13.8. The SMILES string of the molecule is CCC(C)(CCl)NC(=O)Cc1ccccc1OC. The molecule has 0 aromatic heterocycles. The Hall–Kier alpha value is -1.22. The smallest absolute Gasteiger partial charge is 0.225 e. The van der Waals surface area contributed by atoms with E-state index in [2.05, 4.69) is 5.32 Å². The van der Waals surface area contributed by atoms with Crippen LogP contribution in [0.25, 0.3) is 0 Å². The Labute approximate surface area is 113 Å². The van der Waals surface area contributed by atoms with Crippen LogP contribution in [-0.2, 0) is 11.2 Å². The van der Waals surface area contributed by atoms with E-state index in [-0.39, 0.29) is 11.4 Å². The van der Waals surface area contributed by atoms with Crippen LogP contribution in [-0.4, -0.2) is 24.4 Å². The van der Waals surface area contributed by atoms with Crippen molar-refractivity contribution in [3.05, 3.63) is 29.8 Å². The molecule has 0 aliphatic rings. The number of halogens is 1. The number of alkyl halides is 1. The van der Waals surface area contributed by atoms with Gasteiger partial charge >= 0.3 is 0 Å². The molecule has 1 atom stereocenters. The number of benzene rings is 1. The predicted octanol–water partition coefficient (Wildman–Crippen LogP) is 2.76. The van der Waals surface area contributed by atoms with Gasteiger partial charge in [0.05, 0.1) is 19.1 Å². The molecule has 4 heteroatoms. The summed E-state index contributed by atoms with van der Waals surface area (Å²) in [6, 6.07) is 7.52. The second kappa shape index (κ2) is 6.64. The molecule has 1 N–H and O–H groups in total. The maximum Gasteiger partial charge on any atom is 0.225 e. The number of ether oxygens (including phenoxy) is 1. The van der Waals surface area contributed by atoms with Crippen LogP contribution in [0.2, 0.25) is 0 Å². The van der Waals surface area contributed by atoms with Crippen molar-refractivity contribution < 1.29 is 9.53 Å². The van der Waals surface area contributed by atoms with E-state index in [9.17, 15) is 4.79 Å². The van der Waals surface area contributed by atoms with Crippen molar-refractivity contribution in [2.45, 2.75) is 32.2 Å². The van der Waals surface area contributed by atoms with Crippen LogP contribution < -0.4 is 10.1 Å². The van der Waals surface area contributed by atoms with Crippen molar-refractivity contribution in [1.82, 2.24) is 5.32 Å². The molecule has 1 rings (SSSR count). The maximum absolute atomic E-state index is 12.0. The molecule has 0 spiro atoms. The molecule has 0 saturated carbocycles. The molecule has 0 aliphatic heterocycles. The lowest BCUT2D eigenvalue weighted by Gasteiger charge is -2.27. The Morgan fingerprint density at radius 2 is 2.11 bits per heavy atom. The zero-order valence-electron chi connectivity index (χ0n) is 11.1. The summed E-state index contributed by atoms with van der Waals surface area (Å²) in [6.07, 6.45) is 1.10. The molecule has 0 radical (unpaired) electrons. The van der Waals surface area contributed by atoms with Gasteiger partial charge in [-0.15, -0.1) is 11.6 Å². The summed E-state index contributed by atoms with van der Waals surface area (Å²) in [4.78, 5) is 12.0. The highest BCUT2D eigenvalue weighted by Crippen LogP contribution is 2.18. The number of carbonyl (C=O) groups is 1. The number of hydrogen-bond acceptors (Lipinski definition) is 2. The van der Waals surface area contributed by atoms with Gasteiger partial charge in [0.15, 0.2) is 0 Å². The summed E-state index contributed by atoms with van der Waals surface area (Å²) >= 11 is 5.88. The number of rotatable bonds is 6. The summed E-state index contributed by atoms with van der Waals surface area (Å²) in [7, 11) is 1.60. The first kappa shape index (κ1) is 14.8. The molecular formula is C14H20ClNO2. The highest BCUT2D eigenvalue weighted by atomic mass is 35.5. The van der Waals surface area contributed by atoms with Crippen LogP contribution in [0, 0.1) is 0 Å². The lowest BCUT2D eigenvalue weighted by molar-refractivity contribution is -0.122. The minimum Gasteiger partial charge on any atom is -0.496 e. The van der Waals surface area contributed by atoms with Gasteiger partial charge in [0.1, 0.15) is 5.75 Å². The first-order chi connectivity index (χ1) is 8.54. The molecule has 1 aromatic carbocycles. The topological polar surface area (TPSA) is 38.3 Å². The summed E-state index contributed by atoms with van der Waals surface area (Å²) in [5, 5.41) is 2.97. The van der Waals surface area contributed by atoms with Gasteiger partial charge in [0, 0.05) is 11.4 Å². The van der Waals surface area contributed by atoms with Crippen molar-refractivity contribution >= 4 is 17.5 Å². The van der Waals surface area contributed by atoms with Gasteiger partial charge < -0.3 is 10.1 Å². The zero-order valence-corrected chi connectivity index (χ0v) is 11.9. The Morgan fingerprint density at radius 3 is 2.67 bits per heavy atom. The molecular weight excluding hydrogens is 250 g/mol. The molecule has 0 fully saturated rings. The molecule has 1 amide bonds. The van der Waals surface area contributed by atoms with E-state index in [1.54, 1.807) is 7.11 Å². The number of methoxy groups -OCH3 is 1. The Bertz CT molecular complexity index is 403. The van der Waals surface area contributed by atoms with Crippen LogP contribution in [0.3, 0.4) is 0 Å². The monoisotopic (exact) mass is 269 g/mol. The molecule has 3 nitrogen and oxygen atoms in total. The van der Waals surface area contributed by atoms with Crippen molar-refractivity contribution in [2.75, 3.05) is 13.0 Å². The number of para-hydroxylation sites is 1. The van der Waals surface area contributed by atoms with E-state index in [0.29, 0.717) is 12.3 Å². The quantitative estimate of drug-likeness (QED) is 0.807. The third-order valence-corrected chi connectivity index (χ3v) is 3.65. The number of nitrogens with one attached hydrogen (secondary N) is 1. The fourth-order valence-electron chi connectivity index (χ4n) is 1.62. The molecule has 0 heterocycles. The summed E-state index contributed by atoms with van der Waals surface area (Å²) in [5.41, 5.74) is 0.534. The lowest BCUT2D eigenvalue weighted by atomic mass is 10.0. The zero-order chi connectivity index (χ0) is 13.6. The molecule has 0 bridgehead atoms. The molecule has 18 heavy (non-hydrogen) atoms. The third-order valence-electron chi connectivity index (χ3n) is 3.06. The second-order valence-corrected chi connectivity index (χ2v) is 4.85. The largest absolute Gasteiger partial charge is 0.496 e. The van der Waals surface area contributed by atoms with E-state index >= 15 is 0 Å². The Morgan fingerprint density at radius 1 is 1.44 bits per heavy atom. The van der Waals surface area contributed by atoms with Crippen LogP contribution >= 0.6 is 11.6 Å². The van der Waals surface area contributed by atoms with Crippen molar-refractivity contribution in [3.63, 3.8) is 0 Å². The number of amides is 1. The van der Waals surface area contributed by atoms with E-state index in [1.807, 2.05) is 38.1 Å². The van der Waals surface area contributed by atoms with Gasteiger partial charge in [-0.1, -0.05) is 25.1 Å². The summed E-state index contributed by atoms with van der Waals surface area (Å²) in [5.74, 6) is 1.10. The number of hydrogen-bond donors (Lipinski definition) is 1. The van der Waals surface area contributed by atoms with E-state index in [1.165, 1.54) is 0 Å². The fourth-order valence-corrected chi connectivity index (χ4v) is 1.87. The van der Waals surface area contributed by atoms with Crippen molar-refractivity contribution in [1.29, 1.82) is 0 Å². The molecule has 1 unspecified atom stereocenters. The standard InChI is InChI=1S/C14H20ClNO2/c1-4-14(2,10-15)16-13(17)9-11-7-5-6-8-12(11)18-3/h5-8H,4,9-10H2,1-3H3,(H,16,17). The van der Waals surface area contributed by atoms with Crippen molar-refractivity contribution in [3.8, 4) is 5.75 Å². The summed E-state index contributed by atoms with van der Waals surface area (Å²) in [6.45, 7) is 3.95. The first-order valence-electron chi connectivity index (χ1n) is 6.03.